The topological polar surface area (TPSA) is 119 Å². The third-order valence-electron chi connectivity index (χ3n) is 4.65. The van der Waals surface area contributed by atoms with Gasteiger partial charge < -0.3 is 9.26 Å². The van der Waals surface area contributed by atoms with Crippen LogP contribution in [0.4, 0.5) is 5.69 Å². The molecule has 0 atom stereocenters. The highest BCUT2D eigenvalue weighted by Gasteiger charge is 2.49. The van der Waals surface area contributed by atoms with Crippen molar-refractivity contribution < 1.29 is 27.2 Å². The van der Waals surface area contributed by atoms with Crippen molar-refractivity contribution >= 4 is 23.2 Å². The van der Waals surface area contributed by atoms with Crippen molar-refractivity contribution in [2.45, 2.75) is 11.5 Å². The maximum absolute atomic E-state index is 13.0. The van der Waals surface area contributed by atoms with Gasteiger partial charge in [0, 0.05) is 38.5 Å². The lowest BCUT2D eigenvalue weighted by Gasteiger charge is -2.20. The van der Waals surface area contributed by atoms with Gasteiger partial charge in [-0.15, -0.1) is 0 Å². The van der Waals surface area contributed by atoms with Crippen LogP contribution < -0.4 is 4.74 Å². The van der Waals surface area contributed by atoms with Crippen molar-refractivity contribution in [1.82, 2.24) is 9.34 Å². The Morgan fingerprint density at radius 3 is 2.27 bits per heavy atom. The molecule has 0 radical (unpaired) electrons. The van der Waals surface area contributed by atoms with Gasteiger partial charge in [-0.2, -0.15) is 0 Å². The molecule has 10 nitrogen and oxygen atoms in total. The third kappa shape index (κ3) is 4.40. The number of ether oxygens (including phenoxy) is 1. The standard InChI is InChI=1S/C18H20N3O7PS/c1-30(25,26)18-5-3-2-4-16(18)28-17-12-14(6-7-15(17)21(22)23)13-27-29(24,19-8-9-19)20-10-11-20/h2-7,12H,8-11,13H2,1H3. The first kappa shape index (κ1) is 21.0. The van der Waals surface area contributed by atoms with E-state index in [9.17, 15) is 23.1 Å². The Kier molecular flexibility index (Phi) is 5.41. The zero-order valence-electron chi connectivity index (χ0n) is 16.1. The molecule has 2 aliphatic rings. The van der Waals surface area contributed by atoms with Crippen LogP contribution in [0.25, 0.3) is 0 Å². The first-order valence-electron chi connectivity index (χ1n) is 9.18. The molecule has 0 unspecified atom stereocenters. The summed E-state index contributed by atoms with van der Waals surface area (Å²) in [7, 11) is -6.64. The molecular formula is C18H20N3O7PS. The number of hydrogen-bond donors (Lipinski definition) is 0. The van der Waals surface area contributed by atoms with E-state index in [4.69, 9.17) is 9.26 Å². The fraction of sp³-hybridized carbons (Fsp3) is 0.333. The minimum absolute atomic E-state index is 0.0139. The van der Waals surface area contributed by atoms with Gasteiger partial charge >= 0.3 is 13.4 Å². The van der Waals surface area contributed by atoms with Gasteiger partial charge in [-0.1, -0.05) is 12.1 Å². The van der Waals surface area contributed by atoms with Crippen LogP contribution in [0.3, 0.4) is 0 Å². The molecular weight excluding hydrogens is 433 g/mol. The molecule has 0 N–H and O–H groups in total. The first-order chi connectivity index (χ1) is 14.2. The van der Waals surface area contributed by atoms with Crippen LogP contribution in [0.2, 0.25) is 0 Å². The highest BCUT2D eigenvalue weighted by molar-refractivity contribution is 7.90. The van der Waals surface area contributed by atoms with E-state index in [1.165, 1.54) is 30.3 Å². The van der Waals surface area contributed by atoms with E-state index in [1.54, 1.807) is 21.5 Å². The summed E-state index contributed by atoms with van der Waals surface area (Å²) < 4.78 is 52.0. The number of para-hydroxylation sites is 1. The van der Waals surface area contributed by atoms with Crippen molar-refractivity contribution in [3.63, 3.8) is 0 Å². The molecule has 0 aromatic heterocycles. The molecule has 2 aliphatic heterocycles. The lowest BCUT2D eigenvalue weighted by atomic mass is 10.2. The van der Waals surface area contributed by atoms with Gasteiger partial charge in [0.2, 0.25) is 5.75 Å². The lowest BCUT2D eigenvalue weighted by molar-refractivity contribution is -0.385. The van der Waals surface area contributed by atoms with Crippen LogP contribution in [0.1, 0.15) is 5.56 Å². The minimum Gasteiger partial charge on any atom is -0.449 e. The molecule has 30 heavy (non-hydrogen) atoms. The van der Waals surface area contributed by atoms with Crippen LogP contribution in [-0.4, -0.2) is 55.1 Å². The molecule has 0 saturated carbocycles. The number of nitrogens with zero attached hydrogens (tertiary/aromatic N) is 3. The summed E-state index contributed by atoms with van der Waals surface area (Å²) in [5.74, 6) is -0.134. The average Bonchev–Trinajstić information content (AvgIpc) is 3.56. The van der Waals surface area contributed by atoms with E-state index in [2.05, 4.69) is 0 Å². The number of sulfone groups is 1. The molecule has 0 spiro atoms. The predicted molar refractivity (Wildman–Crippen MR) is 108 cm³/mol. The molecule has 0 bridgehead atoms. The molecule has 2 aromatic carbocycles. The second-order valence-electron chi connectivity index (χ2n) is 7.05. The van der Waals surface area contributed by atoms with Crippen molar-refractivity contribution in [3.05, 3.63) is 58.1 Å². The Morgan fingerprint density at radius 1 is 1.07 bits per heavy atom. The average molecular weight is 453 g/mol. The molecule has 0 aliphatic carbocycles. The molecule has 2 aromatic rings. The van der Waals surface area contributed by atoms with E-state index in [0.717, 1.165) is 6.26 Å². The molecule has 12 heteroatoms. The maximum Gasteiger partial charge on any atom is 0.346 e. The fourth-order valence-corrected chi connectivity index (χ4v) is 5.93. The predicted octanol–water partition coefficient (Wildman–Crippen LogP) is 3.05. The number of benzene rings is 2. The molecule has 4 rings (SSSR count). The fourth-order valence-electron chi connectivity index (χ4n) is 2.94. The Morgan fingerprint density at radius 2 is 1.70 bits per heavy atom. The number of rotatable bonds is 9. The smallest absolute Gasteiger partial charge is 0.346 e. The van der Waals surface area contributed by atoms with Crippen LogP contribution in [0, 0.1) is 10.1 Å². The maximum atomic E-state index is 13.0. The molecule has 160 valence electrons. The van der Waals surface area contributed by atoms with Gasteiger partial charge in [0.1, 0.15) is 10.6 Å². The first-order valence-corrected chi connectivity index (χ1v) is 12.6. The largest absolute Gasteiger partial charge is 0.449 e. The SMILES string of the molecule is CS(=O)(=O)c1ccccc1Oc1cc(COP(=O)(N2CC2)N2CC2)ccc1[N+](=O)[O-]. The van der Waals surface area contributed by atoms with Crippen LogP contribution >= 0.6 is 7.67 Å². The Bertz CT molecular complexity index is 1130. The van der Waals surface area contributed by atoms with Gasteiger partial charge in [-0.3, -0.25) is 14.7 Å². The van der Waals surface area contributed by atoms with Crippen molar-refractivity contribution in [3.8, 4) is 11.5 Å². The number of nitro benzene ring substituents is 1. The van der Waals surface area contributed by atoms with Gasteiger partial charge in [0.25, 0.3) is 0 Å². The summed E-state index contributed by atoms with van der Waals surface area (Å²) >= 11 is 0. The minimum atomic E-state index is -3.60. The number of nitro groups is 1. The van der Waals surface area contributed by atoms with E-state index < -0.39 is 22.4 Å². The van der Waals surface area contributed by atoms with Crippen molar-refractivity contribution in [2.75, 3.05) is 32.4 Å². The van der Waals surface area contributed by atoms with E-state index in [1.807, 2.05) is 0 Å². The quantitative estimate of drug-likeness (QED) is 0.244. The summed E-state index contributed by atoms with van der Waals surface area (Å²) in [5, 5.41) is 11.4. The Labute approximate surface area is 173 Å². The van der Waals surface area contributed by atoms with Gasteiger partial charge in [0.05, 0.1) is 11.5 Å². The van der Waals surface area contributed by atoms with Crippen LogP contribution in [-0.2, 0) is 25.5 Å². The Hall–Kier alpha value is -2.30. The molecule has 2 saturated heterocycles. The zero-order valence-corrected chi connectivity index (χ0v) is 17.8. The van der Waals surface area contributed by atoms with Crippen molar-refractivity contribution in [2.24, 2.45) is 0 Å². The third-order valence-corrected chi connectivity index (χ3v) is 8.48. The van der Waals surface area contributed by atoms with E-state index >= 15 is 0 Å². The summed E-state index contributed by atoms with van der Waals surface area (Å²) in [6.45, 7) is 2.83. The van der Waals surface area contributed by atoms with Crippen molar-refractivity contribution in [1.29, 1.82) is 0 Å². The second kappa shape index (κ2) is 7.75. The summed E-state index contributed by atoms with van der Waals surface area (Å²) in [6.07, 6.45) is 1.03. The van der Waals surface area contributed by atoms with Crippen LogP contribution in [0.15, 0.2) is 47.4 Å². The number of hydrogen-bond acceptors (Lipinski definition) is 7. The van der Waals surface area contributed by atoms with E-state index in [0.29, 0.717) is 31.7 Å². The van der Waals surface area contributed by atoms with Gasteiger partial charge in [-0.05, 0) is 29.8 Å². The Balaban J connectivity index is 1.61. The molecule has 2 heterocycles. The highest BCUT2D eigenvalue weighted by Crippen LogP contribution is 2.61. The normalized spacial score (nSPS) is 17.0. The summed E-state index contributed by atoms with van der Waals surface area (Å²) in [4.78, 5) is 10.7. The van der Waals surface area contributed by atoms with E-state index in [-0.39, 0.29) is 28.7 Å². The molecule has 2 fully saturated rings. The lowest BCUT2D eigenvalue weighted by Crippen LogP contribution is -2.08. The zero-order chi connectivity index (χ0) is 21.5. The van der Waals surface area contributed by atoms with Gasteiger partial charge in [-0.25, -0.2) is 17.8 Å². The van der Waals surface area contributed by atoms with Gasteiger partial charge in [0.15, 0.2) is 9.84 Å². The summed E-state index contributed by atoms with van der Waals surface area (Å²) in [6, 6.07) is 10.1. The second-order valence-corrected chi connectivity index (χ2v) is 11.4. The highest BCUT2D eigenvalue weighted by atomic mass is 32.2. The van der Waals surface area contributed by atoms with Crippen LogP contribution in [0.5, 0.6) is 11.5 Å². The monoisotopic (exact) mass is 453 g/mol. The summed E-state index contributed by atoms with van der Waals surface area (Å²) in [5.41, 5.74) is 0.207. The molecule has 0 amide bonds.